The number of aliphatic imine (C=N–C) groups is 1. The zero-order valence-corrected chi connectivity index (χ0v) is 17.0. The van der Waals surface area contributed by atoms with E-state index in [9.17, 15) is 0 Å². The van der Waals surface area contributed by atoms with Gasteiger partial charge in [-0.25, -0.2) is 0 Å². The fourth-order valence-corrected chi connectivity index (χ4v) is 5.27. The summed E-state index contributed by atoms with van der Waals surface area (Å²) in [5, 5.41) is 7.11. The number of nitrogens with one attached hydrogen (secondary N) is 2. The summed E-state index contributed by atoms with van der Waals surface area (Å²) in [5.74, 6) is 3.40. The number of fused-ring (bicyclic) bond motifs is 3. The van der Waals surface area contributed by atoms with Crippen LogP contribution in [-0.4, -0.2) is 39.3 Å². The Morgan fingerprint density at radius 2 is 2.11 bits per heavy atom. The lowest BCUT2D eigenvalue weighted by atomic mass is 9.67. The second kappa shape index (κ2) is 8.22. The molecule has 1 aromatic rings. The highest BCUT2D eigenvalue weighted by Gasteiger charge is 2.52. The van der Waals surface area contributed by atoms with E-state index in [-0.39, 0.29) is 0 Å². The van der Waals surface area contributed by atoms with E-state index in [1.54, 1.807) is 18.2 Å². The molecular weight excluding hydrogens is 334 g/mol. The lowest BCUT2D eigenvalue weighted by Gasteiger charge is -2.40. The van der Waals surface area contributed by atoms with Crippen LogP contribution in [0, 0.1) is 17.3 Å². The minimum absolute atomic E-state index is 0.380. The molecule has 0 aliphatic heterocycles. The molecule has 27 heavy (non-hydrogen) atoms. The summed E-state index contributed by atoms with van der Waals surface area (Å²) < 4.78 is 5.32. The summed E-state index contributed by atoms with van der Waals surface area (Å²) >= 11 is 0. The van der Waals surface area contributed by atoms with E-state index < -0.39 is 0 Å². The van der Waals surface area contributed by atoms with Crippen molar-refractivity contribution in [1.29, 1.82) is 0 Å². The Morgan fingerprint density at radius 1 is 1.26 bits per heavy atom. The van der Waals surface area contributed by atoms with E-state index in [0.717, 1.165) is 56.4 Å². The summed E-state index contributed by atoms with van der Waals surface area (Å²) in [6, 6.07) is 9.05. The Bertz CT molecular complexity index is 667. The summed E-state index contributed by atoms with van der Waals surface area (Å²) in [6.07, 6.45) is 7.67. The van der Waals surface area contributed by atoms with Crippen LogP contribution in [0.1, 0.15) is 56.1 Å². The van der Waals surface area contributed by atoms with Crippen molar-refractivity contribution in [1.82, 2.24) is 10.6 Å². The summed E-state index contributed by atoms with van der Waals surface area (Å²) in [4.78, 5) is 4.96. The van der Waals surface area contributed by atoms with Gasteiger partial charge in [0.05, 0.1) is 0 Å². The first kappa shape index (κ1) is 18.8. The number of hydrogen-bond donors (Lipinski definition) is 2. The number of guanidine groups is 1. The van der Waals surface area contributed by atoms with Crippen LogP contribution in [-0.2, 0) is 11.2 Å². The highest BCUT2D eigenvalue weighted by atomic mass is 16.5. The predicted molar refractivity (Wildman–Crippen MR) is 111 cm³/mol. The van der Waals surface area contributed by atoms with Gasteiger partial charge < -0.3 is 15.4 Å². The number of rotatable bonds is 8. The molecule has 3 atom stereocenters. The van der Waals surface area contributed by atoms with E-state index in [0.29, 0.717) is 5.41 Å². The summed E-state index contributed by atoms with van der Waals surface area (Å²) in [7, 11) is 1.80. The number of benzene rings is 1. The van der Waals surface area contributed by atoms with Gasteiger partial charge in [0.15, 0.2) is 5.96 Å². The smallest absolute Gasteiger partial charge is 0.191 e. The third-order valence-electron chi connectivity index (χ3n) is 7.17. The van der Waals surface area contributed by atoms with E-state index in [1.165, 1.54) is 32.1 Å². The minimum atomic E-state index is 0.380. The van der Waals surface area contributed by atoms with Crippen molar-refractivity contribution < 1.29 is 4.74 Å². The lowest BCUT2D eigenvalue weighted by Crippen LogP contribution is -2.41. The van der Waals surface area contributed by atoms with Gasteiger partial charge in [0.25, 0.3) is 0 Å². The van der Waals surface area contributed by atoms with Gasteiger partial charge in [-0.2, -0.15) is 0 Å². The van der Waals surface area contributed by atoms with E-state index in [1.807, 2.05) is 0 Å². The molecule has 3 aliphatic carbocycles. The molecule has 0 radical (unpaired) electrons. The van der Waals surface area contributed by atoms with Crippen LogP contribution in [0.15, 0.2) is 29.3 Å². The molecule has 0 bridgehead atoms. The second-order valence-electron chi connectivity index (χ2n) is 8.76. The highest BCUT2D eigenvalue weighted by molar-refractivity contribution is 5.79. The molecule has 0 spiro atoms. The molecule has 0 aromatic heterocycles. The standard InChI is InChI=1S/C23H35N3O/c1-3-24-22(26-16-23(11-6-12-23)13-14-27-2)25-15-20-19-10-9-17-7-4-5-8-18(17)21(19)20/h4-5,7-8,19-21H,3,6,9-16H2,1-2H3,(H2,24,25,26). The van der Waals surface area contributed by atoms with Crippen molar-refractivity contribution in [2.75, 3.05) is 33.4 Å². The summed E-state index contributed by atoms with van der Waals surface area (Å²) in [5.41, 5.74) is 3.56. The second-order valence-corrected chi connectivity index (χ2v) is 8.76. The van der Waals surface area contributed by atoms with Crippen LogP contribution in [0.2, 0.25) is 0 Å². The number of ether oxygens (including phenoxy) is 1. The van der Waals surface area contributed by atoms with Crippen molar-refractivity contribution in [2.45, 2.75) is 51.4 Å². The number of nitrogens with zero attached hydrogens (tertiary/aromatic N) is 1. The maximum atomic E-state index is 5.32. The van der Waals surface area contributed by atoms with Crippen LogP contribution in [0.3, 0.4) is 0 Å². The van der Waals surface area contributed by atoms with Crippen molar-refractivity contribution in [3.8, 4) is 0 Å². The van der Waals surface area contributed by atoms with E-state index >= 15 is 0 Å². The molecule has 0 heterocycles. The van der Waals surface area contributed by atoms with Gasteiger partial charge in [-0.3, -0.25) is 4.99 Å². The first-order valence-electron chi connectivity index (χ1n) is 10.9. The monoisotopic (exact) mass is 369 g/mol. The van der Waals surface area contributed by atoms with Gasteiger partial charge in [0, 0.05) is 33.4 Å². The van der Waals surface area contributed by atoms with Crippen LogP contribution in [0.5, 0.6) is 0 Å². The fraction of sp³-hybridized carbons (Fsp3) is 0.696. The molecule has 3 aliphatic rings. The van der Waals surface area contributed by atoms with Crippen molar-refractivity contribution in [3.05, 3.63) is 35.4 Å². The molecule has 4 rings (SSSR count). The minimum Gasteiger partial charge on any atom is -0.385 e. The maximum Gasteiger partial charge on any atom is 0.191 e. The van der Waals surface area contributed by atoms with Crippen molar-refractivity contribution in [3.63, 3.8) is 0 Å². The molecule has 4 heteroatoms. The maximum absolute atomic E-state index is 5.32. The predicted octanol–water partition coefficient (Wildman–Crippen LogP) is 3.72. The molecular formula is C23H35N3O. The van der Waals surface area contributed by atoms with Gasteiger partial charge in [-0.05, 0) is 73.3 Å². The average molecular weight is 370 g/mol. The molecule has 2 N–H and O–H groups in total. The highest BCUT2D eigenvalue weighted by Crippen LogP contribution is 2.59. The largest absolute Gasteiger partial charge is 0.385 e. The van der Waals surface area contributed by atoms with Crippen molar-refractivity contribution >= 4 is 5.96 Å². The first-order chi connectivity index (χ1) is 13.3. The number of methoxy groups -OCH3 is 1. The quantitative estimate of drug-likeness (QED) is 0.542. The average Bonchev–Trinajstić information content (AvgIpc) is 3.38. The summed E-state index contributed by atoms with van der Waals surface area (Å²) in [6.45, 7) is 5.88. The van der Waals surface area contributed by atoms with Gasteiger partial charge >= 0.3 is 0 Å². The molecule has 0 amide bonds. The van der Waals surface area contributed by atoms with Gasteiger partial charge in [-0.1, -0.05) is 30.7 Å². The Morgan fingerprint density at radius 3 is 2.85 bits per heavy atom. The number of aryl methyl sites for hydroxylation is 1. The Hall–Kier alpha value is -1.55. The van der Waals surface area contributed by atoms with E-state index in [4.69, 9.17) is 9.73 Å². The molecule has 3 unspecified atom stereocenters. The SMILES string of the molecule is CCNC(=NCC1(CCOC)CCC1)NCC1C2CCc3ccccc3C21. The number of hydrogen-bond acceptors (Lipinski definition) is 2. The zero-order valence-electron chi connectivity index (χ0n) is 17.0. The van der Waals surface area contributed by atoms with Crippen LogP contribution in [0.25, 0.3) is 0 Å². The first-order valence-corrected chi connectivity index (χ1v) is 10.9. The third-order valence-corrected chi connectivity index (χ3v) is 7.17. The Balaban J connectivity index is 1.33. The van der Waals surface area contributed by atoms with Gasteiger partial charge in [0.1, 0.15) is 0 Å². The lowest BCUT2D eigenvalue weighted by molar-refractivity contribution is 0.0778. The van der Waals surface area contributed by atoms with E-state index in [2.05, 4.69) is 41.8 Å². The molecule has 2 saturated carbocycles. The molecule has 0 saturated heterocycles. The Kier molecular flexibility index (Phi) is 5.72. The topological polar surface area (TPSA) is 45.7 Å². The van der Waals surface area contributed by atoms with Crippen LogP contribution < -0.4 is 10.6 Å². The molecule has 148 valence electrons. The molecule has 2 fully saturated rings. The fourth-order valence-electron chi connectivity index (χ4n) is 5.27. The van der Waals surface area contributed by atoms with Crippen molar-refractivity contribution in [2.24, 2.45) is 22.2 Å². The molecule has 1 aromatic carbocycles. The van der Waals surface area contributed by atoms with Crippen LogP contribution in [0.4, 0.5) is 0 Å². The van der Waals surface area contributed by atoms with Gasteiger partial charge in [-0.15, -0.1) is 0 Å². The molecule has 4 nitrogen and oxygen atoms in total. The zero-order chi connectivity index (χ0) is 18.7. The van der Waals surface area contributed by atoms with Crippen LogP contribution >= 0.6 is 0 Å². The third kappa shape index (κ3) is 4.01. The van der Waals surface area contributed by atoms with Gasteiger partial charge in [0.2, 0.25) is 0 Å². The Labute approximate surface area is 164 Å². The normalized spacial score (nSPS) is 27.9.